The second kappa shape index (κ2) is 10.5. The summed E-state index contributed by atoms with van der Waals surface area (Å²) in [5.74, 6) is 1.01. The van der Waals surface area contributed by atoms with Crippen LogP contribution in [0.4, 0.5) is 5.69 Å². The Morgan fingerprint density at radius 2 is 1.58 bits per heavy atom. The maximum atomic E-state index is 12.7. The minimum Gasteiger partial charge on any atom is -0.496 e. The van der Waals surface area contributed by atoms with E-state index in [9.17, 15) is 13.2 Å². The highest BCUT2D eigenvalue weighted by molar-refractivity contribution is 7.93. The van der Waals surface area contributed by atoms with Crippen molar-refractivity contribution < 1.29 is 32.2 Å². The van der Waals surface area contributed by atoms with E-state index in [4.69, 9.17) is 18.9 Å². The Bertz CT molecular complexity index is 1070. The molecule has 0 bridgehead atoms. The van der Waals surface area contributed by atoms with Gasteiger partial charge in [0.05, 0.1) is 45.4 Å². The molecule has 2 aromatic rings. The number of carbonyl (C=O) groups is 1. The Morgan fingerprint density at radius 1 is 0.968 bits per heavy atom. The van der Waals surface area contributed by atoms with Crippen LogP contribution in [0.15, 0.2) is 48.4 Å². The normalized spacial score (nSPS) is 11.1. The van der Waals surface area contributed by atoms with Crippen molar-refractivity contribution in [3.05, 3.63) is 59.5 Å². The van der Waals surface area contributed by atoms with Gasteiger partial charge >= 0.3 is 0 Å². The molecule has 0 unspecified atom stereocenters. The van der Waals surface area contributed by atoms with Crippen LogP contribution in [0, 0.1) is 0 Å². The van der Waals surface area contributed by atoms with Crippen LogP contribution < -0.4 is 24.3 Å². The number of amides is 1. The number of carbonyl (C=O) groups excluding carboxylic acids is 1. The molecule has 2 aromatic carbocycles. The highest BCUT2D eigenvalue weighted by Crippen LogP contribution is 2.35. The molecule has 9 heteroatoms. The number of hydrogen-bond acceptors (Lipinski definition) is 7. The van der Waals surface area contributed by atoms with E-state index in [-0.39, 0.29) is 5.75 Å². The molecule has 0 saturated carbocycles. The third-order valence-corrected chi connectivity index (χ3v) is 5.56. The van der Waals surface area contributed by atoms with Gasteiger partial charge in [0, 0.05) is 17.5 Å². The molecule has 2 rings (SSSR count). The number of hydrogen-bond donors (Lipinski definition) is 1. The maximum Gasteiger partial charge on any atom is 0.247 e. The van der Waals surface area contributed by atoms with E-state index in [1.807, 2.05) is 0 Å². The number of nitrogens with one attached hydrogen (secondary N) is 1. The van der Waals surface area contributed by atoms with Gasteiger partial charge in [-0.05, 0) is 29.8 Å². The topological polar surface area (TPSA) is 100 Å². The van der Waals surface area contributed by atoms with Gasteiger partial charge in [0.2, 0.25) is 5.91 Å². The van der Waals surface area contributed by atoms with Crippen molar-refractivity contribution in [2.24, 2.45) is 0 Å². The molecule has 8 nitrogen and oxygen atoms in total. The summed E-state index contributed by atoms with van der Waals surface area (Å²) in [5.41, 5.74) is 1.28. The highest BCUT2D eigenvalue weighted by Gasteiger charge is 2.15. The van der Waals surface area contributed by atoms with Crippen LogP contribution in [0.1, 0.15) is 11.1 Å². The smallest absolute Gasteiger partial charge is 0.247 e. The predicted octanol–water partition coefficient (Wildman–Crippen LogP) is 3.43. The Kier molecular flexibility index (Phi) is 8.09. The molecular weight excluding hydrogens is 422 g/mol. The van der Waals surface area contributed by atoms with Crippen LogP contribution in [0.3, 0.4) is 0 Å². The molecule has 0 aliphatic rings. The van der Waals surface area contributed by atoms with Gasteiger partial charge in [0.1, 0.15) is 23.0 Å². The third-order valence-electron chi connectivity index (χ3n) is 4.27. The Labute approximate surface area is 182 Å². The Balaban J connectivity index is 2.34. The minimum absolute atomic E-state index is 0.286. The fourth-order valence-electron chi connectivity index (χ4n) is 2.78. The molecule has 0 saturated heterocycles. The quantitative estimate of drug-likeness (QED) is 0.557. The molecule has 0 radical (unpaired) electrons. The van der Waals surface area contributed by atoms with Crippen LogP contribution in [-0.2, 0) is 20.4 Å². The van der Waals surface area contributed by atoms with Crippen molar-refractivity contribution in [3.8, 4) is 23.0 Å². The molecule has 0 heterocycles. The van der Waals surface area contributed by atoms with Crippen molar-refractivity contribution in [1.82, 2.24) is 0 Å². The molecule has 31 heavy (non-hydrogen) atoms. The maximum absolute atomic E-state index is 12.7. The monoisotopic (exact) mass is 447 g/mol. The van der Waals surface area contributed by atoms with E-state index in [1.165, 1.54) is 34.5 Å². The first-order chi connectivity index (χ1) is 14.8. The summed E-state index contributed by atoms with van der Waals surface area (Å²) in [5, 5.41) is 3.69. The van der Waals surface area contributed by atoms with Gasteiger partial charge in [-0.1, -0.05) is 12.6 Å². The van der Waals surface area contributed by atoms with Gasteiger partial charge in [0.25, 0.3) is 0 Å². The number of sulfone groups is 1. The fourth-order valence-corrected chi connectivity index (χ4v) is 3.86. The van der Waals surface area contributed by atoms with Crippen LogP contribution >= 0.6 is 0 Å². The first-order valence-electron chi connectivity index (χ1n) is 9.08. The molecule has 0 aliphatic carbocycles. The molecule has 166 valence electrons. The van der Waals surface area contributed by atoms with Gasteiger partial charge in [-0.15, -0.1) is 0 Å². The van der Waals surface area contributed by atoms with Gasteiger partial charge in [0.15, 0.2) is 9.84 Å². The minimum atomic E-state index is -3.67. The Hall–Kier alpha value is -3.46. The SMILES string of the molecule is C=CC(=O)Nc1cc(CS(=O)(=O)/C=C\c2c(OC)cc(OC)cc2OC)ccc1OC. The molecule has 0 aromatic heterocycles. The van der Waals surface area contributed by atoms with Crippen molar-refractivity contribution in [2.75, 3.05) is 33.8 Å². The standard InChI is InChI=1S/C22H25NO7S/c1-6-22(24)23-18-11-15(7-8-19(18)28-3)14-31(25,26)10-9-17-20(29-4)12-16(27-2)13-21(17)30-5/h6-13H,1,14H2,2-5H3,(H,23,24)/b10-9-. The molecular formula is C22H25NO7S. The largest absolute Gasteiger partial charge is 0.496 e. The van der Waals surface area contributed by atoms with Crippen molar-refractivity contribution >= 4 is 27.5 Å². The van der Waals surface area contributed by atoms with Crippen LogP contribution in [0.2, 0.25) is 0 Å². The summed E-state index contributed by atoms with van der Waals surface area (Å²) >= 11 is 0. The lowest BCUT2D eigenvalue weighted by Gasteiger charge is -2.13. The predicted molar refractivity (Wildman–Crippen MR) is 120 cm³/mol. The molecule has 0 spiro atoms. The summed E-state index contributed by atoms with van der Waals surface area (Å²) in [4.78, 5) is 11.6. The van der Waals surface area contributed by atoms with Crippen molar-refractivity contribution in [3.63, 3.8) is 0 Å². The molecule has 0 atom stereocenters. The zero-order valence-corrected chi connectivity index (χ0v) is 18.6. The first-order valence-corrected chi connectivity index (χ1v) is 10.8. The van der Waals surface area contributed by atoms with E-state index in [1.54, 1.807) is 30.3 Å². The molecule has 0 aliphatic heterocycles. The van der Waals surface area contributed by atoms with E-state index in [0.717, 1.165) is 11.5 Å². The average molecular weight is 448 g/mol. The van der Waals surface area contributed by atoms with Crippen molar-refractivity contribution in [2.45, 2.75) is 5.75 Å². The molecule has 1 N–H and O–H groups in total. The summed E-state index contributed by atoms with van der Waals surface area (Å²) in [7, 11) is 2.23. The van der Waals surface area contributed by atoms with Crippen LogP contribution in [0.25, 0.3) is 6.08 Å². The third kappa shape index (κ3) is 6.26. The van der Waals surface area contributed by atoms with Gasteiger partial charge < -0.3 is 24.3 Å². The van der Waals surface area contributed by atoms with E-state index < -0.39 is 15.7 Å². The first kappa shape index (κ1) is 23.8. The summed E-state index contributed by atoms with van der Waals surface area (Å²) in [6.07, 6.45) is 2.53. The molecule has 0 fully saturated rings. The van der Waals surface area contributed by atoms with E-state index >= 15 is 0 Å². The van der Waals surface area contributed by atoms with Crippen LogP contribution in [0.5, 0.6) is 23.0 Å². The summed E-state index contributed by atoms with van der Waals surface area (Å²) in [6, 6.07) is 8.00. The Morgan fingerprint density at radius 3 is 2.10 bits per heavy atom. The highest BCUT2D eigenvalue weighted by atomic mass is 32.2. The zero-order valence-electron chi connectivity index (χ0n) is 17.8. The number of anilines is 1. The summed E-state index contributed by atoms with van der Waals surface area (Å²) in [6.45, 7) is 3.40. The lowest BCUT2D eigenvalue weighted by atomic mass is 10.1. The van der Waals surface area contributed by atoms with E-state index in [2.05, 4.69) is 11.9 Å². The zero-order chi connectivity index (χ0) is 23.0. The lowest BCUT2D eigenvalue weighted by molar-refractivity contribution is -0.111. The second-order valence-corrected chi connectivity index (χ2v) is 8.17. The van der Waals surface area contributed by atoms with Gasteiger partial charge in [-0.25, -0.2) is 8.42 Å². The van der Waals surface area contributed by atoms with E-state index in [0.29, 0.717) is 39.8 Å². The second-order valence-electron chi connectivity index (χ2n) is 6.28. The lowest BCUT2D eigenvalue weighted by Crippen LogP contribution is -2.09. The van der Waals surface area contributed by atoms with Crippen molar-refractivity contribution in [1.29, 1.82) is 0 Å². The number of benzene rings is 2. The van der Waals surface area contributed by atoms with Crippen LogP contribution in [-0.4, -0.2) is 42.8 Å². The number of ether oxygens (including phenoxy) is 4. The average Bonchev–Trinajstić information content (AvgIpc) is 2.76. The van der Waals surface area contributed by atoms with Gasteiger partial charge in [-0.2, -0.15) is 0 Å². The van der Waals surface area contributed by atoms with Gasteiger partial charge in [-0.3, -0.25) is 4.79 Å². The number of methoxy groups -OCH3 is 4. The fraction of sp³-hybridized carbons (Fsp3) is 0.227. The summed E-state index contributed by atoms with van der Waals surface area (Å²) < 4.78 is 46.5. The number of rotatable bonds is 10. The molecule has 1 amide bonds.